The maximum absolute atomic E-state index is 2.52. The standard InChI is InChI=1S/C8H18IN/c1-4-7-10(6-3)8(9)5-2/h8H,4-7H2,1-3H3. The summed E-state index contributed by atoms with van der Waals surface area (Å²) in [5.41, 5.74) is 0. The zero-order chi connectivity index (χ0) is 7.98. The molecule has 0 amide bonds. The Bertz CT molecular complexity index is 75.7. The Kier molecular flexibility index (Phi) is 6.85. The van der Waals surface area contributed by atoms with Crippen molar-refractivity contribution >= 4 is 22.6 Å². The SMILES string of the molecule is CCCN(CC)C(I)CC. The van der Waals surface area contributed by atoms with E-state index in [0.29, 0.717) is 0 Å². The van der Waals surface area contributed by atoms with Crippen LogP contribution in [0.3, 0.4) is 0 Å². The molecule has 0 saturated heterocycles. The molecular formula is C8H18IN. The molecule has 62 valence electrons. The van der Waals surface area contributed by atoms with Gasteiger partial charge in [0.25, 0.3) is 0 Å². The van der Waals surface area contributed by atoms with E-state index in [9.17, 15) is 0 Å². The predicted octanol–water partition coefficient (Wildman–Crippen LogP) is 2.89. The smallest absolute Gasteiger partial charge is 0.0615 e. The molecule has 0 saturated carbocycles. The molecule has 0 N–H and O–H groups in total. The van der Waals surface area contributed by atoms with Crippen LogP contribution in [0.5, 0.6) is 0 Å². The van der Waals surface area contributed by atoms with Crippen LogP contribution < -0.4 is 0 Å². The predicted molar refractivity (Wildman–Crippen MR) is 55.6 cm³/mol. The monoisotopic (exact) mass is 255 g/mol. The van der Waals surface area contributed by atoms with Gasteiger partial charge in [0.15, 0.2) is 0 Å². The first-order valence-corrected chi connectivity index (χ1v) is 5.38. The molecule has 1 nitrogen and oxygen atoms in total. The van der Waals surface area contributed by atoms with Crippen LogP contribution in [0.4, 0.5) is 0 Å². The number of nitrogens with zero attached hydrogens (tertiary/aromatic N) is 1. The fourth-order valence-corrected chi connectivity index (χ4v) is 1.71. The van der Waals surface area contributed by atoms with Gasteiger partial charge in [0.2, 0.25) is 0 Å². The lowest BCUT2D eigenvalue weighted by Crippen LogP contribution is -2.30. The van der Waals surface area contributed by atoms with Crippen molar-refractivity contribution in [3.8, 4) is 0 Å². The van der Waals surface area contributed by atoms with E-state index in [1.165, 1.54) is 25.9 Å². The van der Waals surface area contributed by atoms with E-state index < -0.39 is 0 Å². The zero-order valence-electron chi connectivity index (χ0n) is 7.23. The molecule has 10 heavy (non-hydrogen) atoms. The van der Waals surface area contributed by atoms with E-state index in [2.05, 4.69) is 48.3 Å². The van der Waals surface area contributed by atoms with Gasteiger partial charge >= 0.3 is 0 Å². The van der Waals surface area contributed by atoms with Gasteiger partial charge in [0.05, 0.1) is 4.05 Å². The summed E-state index contributed by atoms with van der Waals surface area (Å²) in [5, 5.41) is 0. The molecule has 0 fully saturated rings. The molecule has 0 aliphatic carbocycles. The van der Waals surface area contributed by atoms with Crippen molar-refractivity contribution in [3.63, 3.8) is 0 Å². The molecule has 0 aliphatic rings. The highest BCUT2D eigenvalue weighted by molar-refractivity contribution is 14.1. The summed E-state index contributed by atoms with van der Waals surface area (Å²) < 4.78 is 0.738. The Balaban J connectivity index is 3.56. The summed E-state index contributed by atoms with van der Waals surface area (Å²) in [6.45, 7) is 9.15. The first-order valence-electron chi connectivity index (χ1n) is 4.14. The molecule has 0 rings (SSSR count). The number of hydrogen-bond donors (Lipinski definition) is 0. The molecule has 0 aromatic carbocycles. The van der Waals surface area contributed by atoms with Crippen LogP contribution in [0.15, 0.2) is 0 Å². The summed E-state index contributed by atoms with van der Waals surface area (Å²) in [6.07, 6.45) is 2.53. The molecule has 0 heterocycles. The average Bonchev–Trinajstić information content (AvgIpc) is 1.99. The zero-order valence-corrected chi connectivity index (χ0v) is 9.39. The Morgan fingerprint density at radius 3 is 2.20 bits per heavy atom. The third-order valence-corrected chi connectivity index (χ3v) is 3.32. The summed E-state index contributed by atoms with van der Waals surface area (Å²) in [4.78, 5) is 2.51. The normalized spacial score (nSPS) is 14.1. The number of rotatable bonds is 5. The Hall–Kier alpha value is 0.690. The molecule has 1 atom stereocenters. The van der Waals surface area contributed by atoms with E-state index in [-0.39, 0.29) is 0 Å². The Morgan fingerprint density at radius 1 is 1.30 bits per heavy atom. The minimum Gasteiger partial charge on any atom is -0.292 e. The van der Waals surface area contributed by atoms with Crippen LogP contribution in [-0.2, 0) is 0 Å². The molecule has 0 aromatic rings. The van der Waals surface area contributed by atoms with Gasteiger partial charge in [-0.25, -0.2) is 0 Å². The second-order valence-corrected chi connectivity index (χ2v) is 3.91. The lowest BCUT2D eigenvalue weighted by atomic mass is 10.3. The highest BCUT2D eigenvalue weighted by Gasteiger charge is 2.08. The fraction of sp³-hybridized carbons (Fsp3) is 1.00. The molecule has 0 radical (unpaired) electrons. The topological polar surface area (TPSA) is 3.24 Å². The van der Waals surface area contributed by atoms with Crippen molar-refractivity contribution in [2.75, 3.05) is 13.1 Å². The molecule has 0 aromatic heterocycles. The molecule has 0 spiro atoms. The Morgan fingerprint density at radius 2 is 1.90 bits per heavy atom. The Labute approximate surface area is 78.3 Å². The molecule has 0 aliphatic heterocycles. The first kappa shape index (κ1) is 10.7. The van der Waals surface area contributed by atoms with Gasteiger partial charge in [-0.1, -0.05) is 43.4 Å². The van der Waals surface area contributed by atoms with Gasteiger partial charge in [-0.15, -0.1) is 0 Å². The molecule has 0 bridgehead atoms. The number of alkyl halides is 1. The molecule has 2 heteroatoms. The quantitative estimate of drug-likeness (QED) is 0.415. The van der Waals surface area contributed by atoms with Crippen molar-refractivity contribution in [2.45, 2.75) is 37.7 Å². The number of hydrogen-bond acceptors (Lipinski definition) is 1. The summed E-state index contributed by atoms with van der Waals surface area (Å²) >= 11 is 2.52. The highest BCUT2D eigenvalue weighted by atomic mass is 127. The van der Waals surface area contributed by atoms with Crippen molar-refractivity contribution in [1.29, 1.82) is 0 Å². The lowest BCUT2D eigenvalue weighted by Gasteiger charge is -2.24. The van der Waals surface area contributed by atoms with Gasteiger partial charge in [0, 0.05) is 0 Å². The van der Waals surface area contributed by atoms with Gasteiger partial charge < -0.3 is 0 Å². The van der Waals surface area contributed by atoms with Gasteiger partial charge in [-0.3, -0.25) is 4.90 Å². The summed E-state index contributed by atoms with van der Waals surface area (Å²) in [5.74, 6) is 0. The minimum absolute atomic E-state index is 0.738. The molecule has 1 unspecified atom stereocenters. The maximum atomic E-state index is 2.52. The second-order valence-electron chi connectivity index (χ2n) is 2.47. The van der Waals surface area contributed by atoms with E-state index in [1.807, 2.05) is 0 Å². The maximum Gasteiger partial charge on any atom is 0.0615 e. The van der Waals surface area contributed by atoms with E-state index in [0.717, 1.165) is 4.05 Å². The largest absolute Gasteiger partial charge is 0.292 e. The summed E-state index contributed by atoms with van der Waals surface area (Å²) in [7, 11) is 0. The van der Waals surface area contributed by atoms with Crippen LogP contribution in [0, 0.1) is 0 Å². The van der Waals surface area contributed by atoms with Crippen LogP contribution in [0.1, 0.15) is 33.6 Å². The van der Waals surface area contributed by atoms with Crippen LogP contribution in [0.25, 0.3) is 0 Å². The number of halogens is 1. The fourth-order valence-electron chi connectivity index (χ4n) is 1.04. The van der Waals surface area contributed by atoms with Crippen LogP contribution in [0.2, 0.25) is 0 Å². The third-order valence-electron chi connectivity index (χ3n) is 1.65. The minimum atomic E-state index is 0.738. The lowest BCUT2D eigenvalue weighted by molar-refractivity contribution is 0.276. The highest BCUT2D eigenvalue weighted by Crippen LogP contribution is 2.11. The third kappa shape index (κ3) is 3.76. The van der Waals surface area contributed by atoms with Gasteiger partial charge in [-0.05, 0) is 25.9 Å². The molecular weight excluding hydrogens is 237 g/mol. The van der Waals surface area contributed by atoms with Crippen molar-refractivity contribution in [2.24, 2.45) is 0 Å². The second kappa shape index (κ2) is 6.40. The van der Waals surface area contributed by atoms with Crippen LogP contribution in [-0.4, -0.2) is 22.0 Å². The van der Waals surface area contributed by atoms with Crippen molar-refractivity contribution < 1.29 is 0 Å². The van der Waals surface area contributed by atoms with Crippen LogP contribution >= 0.6 is 22.6 Å². The van der Waals surface area contributed by atoms with E-state index in [4.69, 9.17) is 0 Å². The average molecular weight is 255 g/mol. The van der Waals surface area contributed by atoms with Gasteiger partial charge in [0.1, 0.15) is 0 Å². The van der Waals surface area contributed by atoms with Gasteiger partial charge in [-0.2, -0.15) is 0 Å². The summed E-state index contributed by atoms with van der Waals surface area (Å²) in [6, 6.07) is 0. The van der Waals surface area contributed by atoms with Crippen molar-refractivity contribution in [3.05, 3.63) is 0 Å². The van der Waals surface area contributed by atoms with E-state index >= 15 is 0 Å². The first-order chi connectivity index (χ1) is 4.76. The van der Waals surface area contributed by atoms with Crippen molar-refractivity contribution in [1.82, 2.24) is 4.90 Å². The van der Waals surface area contributed by atoms with E-state index in [1.54, 1.807) is 0 Å².